The summed E-state index contributed by atoms with van der Waals surface area (Å²) >= 11 is 3.55. The zero-order chi connectivity index (χ0) is 11.4. The van der Waals surface area contributed by atoms with Gasteiger partial charge in [0.05, 0.1) is 10.6 Å². The number of nitrogens with one attached hydrogen (secondary N) is 1. The molecule has 2 rings (SSSR count). The minimum absolute atomic E-state index is 0.894. The van der Waals surface area contributed by atoms with Crippen LogP contribution in [0.1, 0.15) is 23.2 Å². The van der Waals surface area contributed by atoms with Gasteiger partial charge in [0, 0.05) is 11.4 Å². The average molecular weight is 252 g/mol. The molecule has 2 nitrogen and oxygen atoms in total. The molecule has 0 atom stereocenters. The van der Waals surface area contributed by atoms with E-state index < -0.39 is 0 Å². The topological polar surface area (TPSA) is 24.9 Å². The Morgan fingerprint density at radius 2 is 2.31 bits per heavy atom. The molecule has 0 aliphatic rings. The van der Waals surface area contributed by atoms with Crippen molar-refractivity contribution >= 4 is 22.7 Å². The molecule has 0 spiro atoms. The normalized spacial score (nSPS) is 10.9. The fourth-order valence-corrected chi connectivity index (χ4v) is 3.29. The summed E-state index contributed by atoms with van der Waals surface area (Å²) in [7, 11) is 0. The standard InChI is InChI=1S/C12H16N2S2/c1-3-6-13-8-11-14-12(9(2)16-11)10-5-4-7-15-10/h4-5,7,13H,3,6,8H2,1-2H3. The lowest BCUT2D eigenvalue weighted by Gasteiger charge is -1.97. The van der Waals surface area contributed by atoms with Gasteiger partial charge in [0.25, 0.3) is 0 Å². The Balaban J connectivity index is 2.10. The Bertz CT molecular complexity index is 432. The van der Waals surface area contributed by atoms with Gasteiger partial charge in [-0.25, -0.2) is 4.98 Å². The molecule has 0 unspecified atom stereocenters. The summed E-state index contributed by atoms with van der Waals surface area (Å²) in [6, 6.07) is 4.21. The van der Waals surface area contributed by atoms with Crippen molar-refractivity contribution in [3.8, 4) is 10.6 Å². The molecule has 0 aliphatic heterocycles. The minimum Gasteiger partial charge on any atom is -0.310 e. The van der Waals surface area contributed by atoms with Crippen molar-refractivity contribution in [3.63, 3.8) is 0 Å². The molecule has 0 amide bonds. The van der Waals surface area contributed by atoms with Crippen molar-refractivity contribution in [3.05, 3.63) is 27.4 Å². The quantitative estimate of drug-likeness (QED) is 0.821. The van der Waals surface area contributed by atoms with E-state index in [1.807, 2.05) is 0 Å². The van der Waals surface area contributed by atoms with Gasteiger partial charge in [-0.1, -0.05) is 13.0 Å². The summed E-state index contributed by atoms with van der Waals surface area (Å²) < 4.78 is 0. The van der Waals surface area contributed by atoms with Crippen LogP contribution in [0.5, 0.6) is 0 Å². The van der Waals surface area contributed by atoms with Crippen molar-refractivity contribution in [2.75, 3.05) is 6.54 Å². The number of aryl methyl sites for hydroxylation is 1. The molecule has 0 bridgehead atoms. The third-order valence-corrected chi connectivity index (χ3v) is 4.15. The summed E-state index contributed by atoms with van der Waals surface area (Å²) in [4.78, 5) is 7.28. The molecule has 0 fully saturated rings. The Morgan fingerprint density at radius 1 is 1.44 bits per heavy atom. The van der Waals surface area contributed by atoms with E-state index in [9.17, 15) is 0 Å². The first-order valence-corrected chi connectivity index (χ1v) is 7.21. The van der Waals surface area contributed by atoms with Gasteiger partial charge >= 0.3 is 0 Å². The molecule has 0 saturated carbocycles. The number of aromatic nitrogens is 1. The zero-order valence-electron chi connectivity index (χ0n) is 9.62. The predicted octanol–water partition coefficient (Wildman–Crippen LogP) is 3.68. The predicted molar refractivity (Wildman–Crippen MR) is 72.2 cm³/mol. The Kier molecular flexibility index (Phi) is 4.09. The third-order valence-electron chi connectivity index (χ3n) is 2.30. The highest BCUT2D eigenvalue weighted by molar-refractivity contribution is 7.15. The lowest BCUT2D eigenvalue weighted by atomic mass is 10.3. The van der Waals surface area contributed by atoms with Crippen LogP contribution in [-0.4, -0.2) is 11.5 Å². The van der Waals surface area contributed by atoms with E-state index in [1.165, 1.54) is 21.2 Å². The van der Waals surface area contributed by atoms with Crippen LogP contribution in [0.25, 0.3) is 10.6 Å². The van der Waals surface area contributed by atoms with Gasteiger partial charge in [-0.3, -0.25) is 0 Å². The van der Waals surface area contributed by atoms with E-state index in [4.69, 9.17) is 4.98 Å². The lowest BCUT2D eigenvalue weighted by Crippen LogP contribution is -2.13. The van der Waals surface area contributed by atoms with Crippen molar-refractivity contribution in [1.82, 2.24) is 10.3 Å². The van der Waals surface area contributed by atoms with Crippen LogP contribution in [0.15, 0.2) is 17.5 Å². The zero-order valence-corrected chi connectivity index (χ0v) is 11.3. The molecule has 0 radical (unpaired) electrons. The number of hydrogen-bond donors (Lipinski definition) is 1. The SMILES string of the molecule is CCCNCc1nc(-c2cccs2)c(C)s1. The minimum atomic E-state index is 0.894. The molecule has 2 aromatic rings. The van der Waals surface area contributed by atoms with E-state index in [2.05, 4.69) is 36.7 Å². The van der Waals surface area contributed by atoms with E-state index in [-0.39, 0.29) is 0 Å². The van der Waals surface area contributed by atoms with Crippen LogP contribution in [0.4, 0.5) is 0 Å². The number of rotatable bonds is 5. The average Bonchev–Trinajstić information content (AvgIpc) is 2.87. The van der Waals surface area contributed by atoms with Gasteiger partial charge in [-0.2, -0.15) is 0 Å². The summed E-state index contributed by atoms with van der Waals surface area (Å²) in [6.07, 6.45) is 1.17. The number of nitrogens with zero attached hydrogens (tertiary/aromatic N) is 1. The fourth-order valence-electron chi connectivity index (χ4n) is 1.54. The molecule has 16 heavy (non-hydrogen) atoms. The maximum atomic E-state index is 4.69. The second kappa shape index (κ2) is 5.57. The summed E-state index contributed by atoms with van der Waals surface area (Å²) in [5.74, 6) is 0. The molecule has 1 N–H and O–H groups in total. The van der Waals surface area contributed by atoms with E-state index in [1.54, 1.807) is 22.7 Å². The second-order valence-corrected chi connectivity index (χ2v) is 5.90. The Morgan fingerprint density at radius 3 is 3.00 bits per heavy atom. The first kappa shape index (κ1) is 11.8. The molecule has 86 valence electrons. The van der Waals surface area contributed by atoms with Gasteiger partial charge in [0.1, 0.15) is 5.01 Å². The van der Waals surface area contributed by atoms with Crippen LogP contribution in [0.3, 0.4) is 0 Å². The maximum Gasteiger partial charge on any atom is 0.107 e. The van der Waals surface area contributed by atoms with Crippen LogP contribution in [0, 0.1) is 6.92 Å². The highest BCUT2D eigenvalue weighted by atomic mass is 32.1. The molecule has 0 saturated heterocycles. The maximum absolute atomic E-state index is 4.69. The largest absolute Gasteiger partial charge is 0.310 e. The number of thiophene rings is 1. The van der Waals surface area contributed by atoms with E-state index >= 15 is 0 Å². The van der Waals surface area contributed by atoms with Gasteiger partial charge < -0.3 is 5.32 Å². The van der Waals surface area contributed by atoms with Crippen LogP contribution < -0.4 is 5.32 Å². The fraction of sp³-hybridized carbons (Fsp3) is 0.417. The number of hydrogen-bond acceptors (Lipinski definition) is 4. The lowest BCUT2D eigenvalue weighted by molar-refractivity contribution is 0.673. The third kappa shape index (κ3) is 2.70. The smallest absolute Gasteiger partial charge is 0.107 e. The monoisotopic (exact) mass is 252 g/mol. The van der Waals surface area contributed by atoms with Crippen molar-refractivity contribution in [2.45, 2.75) is 26.8 Å². The molecule has 4 heteroatoms. The Labute approximate surface area is 104 Å². The van der Waals surface area contributed by atoms with Gasteiger partial charge in [-0.05, 0) is 31.3 Å². The van der Waals surface area contributed by atoms with Crippen LogP contribution >= 0.6 is 22.7 Å². The molecular formula is C12H16N2S2. The summed E-state index contributed by atoms with van der Waals surface area (Å²) in [5.41, 5.74) is 1.16. The van der Waals surface area contributed by atoms with Gasteiger partial charge in [0.2, 0.25) is 0 Å². The molecule has 0 aliphatic carbocycles. The molecular weight excluding hydrogens is 236 g/mol. The van der Waals surface area contributed by atoms with Gasteiger partial charge in [-0.15, -0.1) is 22.7 Å². The highest BCUT2D eigenvalue weighted by Crippen LogP contribution is 2.30. The van der Waals surface area contributed by atoms with Crippen LogP contribution in [0.2, 0.25) is 0 Å². The van der Waals surface area contributed by atoms with Gasteiger partial charge in [0.15, 0.2) is 0 Å². The van der Waals surface area contributed by atoms with Crippen molar-refractivity contribution < 1.29 is 0 Å². The summed E-state index contributed by atoms with van der Waals surface area (Å²) in [5, 5.41) is 6.68. The summed E-state index contributed by atoms with van der Waals surface area (Å²) in [6.45, 7) is 6.28. The first-order chi connectivity index (χ1) is 7.81. The van der Waals surface area contributed by atoms with Crippen LogP contribution in [-0.2, 0) is 6.54 Å². The molecule has 2 aromatic heterocycles. The van der Waals surface area contributed by atoms with Crippen molar-refractivity contribution in [2.24, 2.45) is 0 Å². The first-order valence-electron chi connectivity index (χ1n) is 5.52. The molecule has 2 heterocycles. The van der Waals surface area contributed by atoms with E-state index in [0.717, 1.165) is 18.8 Å². The highest BCUT2D eigenvalue weighted by Gasteiger charge is 2.09. The Hall–Kier alpha value is -0.710. The van der Waals surface area contributed by atoms with Crippen molar-refractivity contribution in [1.29, 1.82) is 0 Å². The second-order valence-electron chi connectivity index (χ2n) is 3.67. The molecule has 0 aromatic carbocycles. The van der Waals surface area contributed by atoms with E-state index in [0.29, 0.717) is 0 Å². The number of thiazole rings is 1.